The topological polar surface area (TPSA) is 76.7 Å². The largest absolute Gasteiger partial charge is 0.479 e. The van der Waals surface area contributed by atoms with Crippen molar-refractivity contribution >= 4 is 5.97 Å². The monoisotopic (exact) mass is 225 g/mol. The fourth-order valence-electron chi connectivity index (χ4n) is 1.17. The molecule has 0 aliphatic heterocycles. The molecule has 0 aromatic carbocycles. The van der Waals surface area contributed by atoms with Gasteiger partial charge in [-0.1, -0.05) is 13.3 Å². The van der Waals surface area contributed by atoms with Gasteiger partial charge in [0.1, 0.15) is 6.26 Å². The van der Waals surface area contributed by atoms with E-state index in [0.717, 1.165) is 25.2 Å². The van der Waals surface area contributed by atoms with Crippen molar-refractivity contribution in [2.24, 2.45) is 0 Å². The summed E-state index contributed by atoms with van der Waals surface area (Å²) in [6.07, 6.45) is 4.24. The SMILES string of the molecule is CCCCC(Oc1co[c]cc1=O)C(=O)O. The summed E-state index contributed by atoms with van der Waals surface area (Å²) in [6.45, 7) is 1.95. The maximum atomic E-state index is 11.2. The molecule has 1 unspecified atom stereocenters. The molecular formula is C11H13O5. The Morgan fingerprint density at radius 2 is 2.44 bits per heavy atom. The zero-order chi connectivity index (χ0) is 12.0. The van der Waals surface area contributed by atoms with Crippen molar-refractivity contribution in [3.8, 4) is 5.75 Å². The third-order valence-corrected chi connectivity index (χ3v) is 2.03. The summed E-state index contributed by atoms with van der Waals surface area (Å²) in [7, 11) is 0. The maximum Gasteiger partial charge on any atom is 0.344 e. The summed E-state index contributed by atoms with van der Waals surface area (Å²) in [5, 5.41) is 8.89. The molecular weight excluding hydrogens is 212 g/mol. The number of carboxylic acid groups (broad SMARTS) is 1. The van der Waals surface area contributed by atoms with E-state index in [1.807, 2.05) is 6.92 Å². The molecule has 0 amide bonds. The zero-order valence-corrected chi connectivity index (χ0v) is 8.93. The van der Waals surface area contributed by atoms with E-state index in [0.29, 0.717) is 6.42 Å². The number of unbranched alkanes of at least 4 members (excludes halogenated alkanes) is 1. The van der Waals surface area contributed by atoms with Crippen LogP contribution in [-0.2, 0) is 4.79 Å². The quantitative estimate of drug-likeness (QED) is 0.793. The van der Waals surface area contributed by atoms with Gasteiger partial charge in [0, 0.05) is 6.07 Å². The first-order valence-corrected chi connectivity index (χ1v) is 5.03. The van der Waals surface area contributed by atoms with Crippen molar-refractivity contribution in [3.63, 3.8) is 0 Å². The van der Waals surface area contributed by atoms with E-state index in [1.165, 1.54) is 0 Å². The number of rotatable bonds is 6. The lowest BCUT2D eigenvalue weighted by Gasteiger charge is -2.13. The van der Waals surface area contributed by atoms with E-state index >= 15 is 0 Å². The normalized spacial score (nSPS) is 12.1. The van der Waals surface area contributed by atoms with Crippen LogP contribution in [0, 0.1) is 6.26 Å². The van der Waals surface area contributed by atoms with E-state index in [2.05, 4.69) is 10.7 Å². The number of aliphatic carboxylic acids is 1. The van der Waals surface area contributed by atoms with Crippen molar-refractivity contribution in [2.45, 2.75) is 32.3 Å². The summed E-state index contributed by atoms with van der Waals surface area (Å²) >= 11 is 0. The molecule has 0 aliphatic rings. The minimum absolute atomic E-state index is 0.0951. The van der Waals surface area contributed by atoms with Gasteiger partial charge in [-0.3, -0.25) is 4.79 Å². The number of ether oxygens (including phenoxy) is 1. The Morgan fingerprint density at radius 3 is 3.00 bits per heavy atom. The maximum absolute atomic E-state index is 11.2. The summed E-state index contributed by atoms with van der Waals surface area (Å²) < 4.78 is 9.71. The van der Waals surface area contributed by atoms with Gasteiger partial charge >= 0.3 is 5.97 Å². The van der Waals surface area contributed by atoms with Gasteiger partial charge in [-0.25, -0.2) is 4.79 Å². The molecule has 1 atom stereocenters. The minimum atomic E-state index is -1.08. The van der Waals surface area contributed by atoms with Gasteiger partial charge in [0.25, 0.3) is 0 Å². The van der Waals surface area contributed by atoms with Crippen LogP contribution in [0.1, 0.15) is 26.2 Å². The highest BCUT2D eigenvalue weighted by molar-refractivity contribution is 5.72. The van der Waals surface area contributed by atoms with Crippen molar-refractivity contribution in [3.05, 3.63) is 28.8 Å². The standard InChI is InChI=1S/C11H13O5/c1-2-3-4-9(11(13)14)16-10-7-15-6-5-8(10)12/h5,7,9H,2-4H2,1H3,(H,13,14). The van der Waals surface area contributed by atoms with Gasteiger partial charge in [-0.05, 0) is 12.8 Å². The molecule has 1 N–H and O–H groups in total. The lowest BCUT2D eigenvalue weighted by atomic mass is 10.1. The predicted octanol–water partition coefficient (Wildman–Crippen LogP) is 1.46. The van der Waals surface area contributed by atoms with Gasteiger partial charge in [-0.15, -0.1) is 0 Å². The highest BCUT2D eigenvalue weighted by Crippen LogP contribution is 2.10. The summed E-state index contributed by atoms with van der Waals surface area (Å²) in [5.74, 6) is -1.18. The van der Waals surface area contributed by atoms with Crippen LogP contribution in [0.3, 0.4) is 0 Å². The molecule has 1 radical (unpaired) electrons. The van der Waals surface area contributed by atoms with Gasteiger partial charge in [0.15, 0.2) is 12.4 Å². The van der Waals surface area contributed by atoms with E-state index in [4.69, 9.17) is 9.84 Å². The van der Waals surface area contributed by atoms with Crippen molar-refractivity contribution < 1.29 is 19.1 Å². The Balaban J connectivity index is 2.72. The fourth-order valence-corrected chi connectivity index (χ4v) is 1.17. The Hall–Kier alpha value is -1.78. The van der Waals surface area contributed by atoms with E-state index < -0.39 is 17.5 Å². The van der Waals surface area contributed by atoms with Crippen LogP contribution < -0.4 is 10.2 Å². The first-order chi connectivity index (χ1) is 7.65. The molecule has 16 heavy (non-hydrogen) atoms. The first-order valence-electron chi connectivity index (χ1n) is 5.03. The molecule has 1 aromatic rings. The van der Waals surface area contributed by atoms with Crippen LogP contribution in [0.15, 0.2) is 21.5 Å². The summed E-state index contributed by atoms with van der Waals surface area (Å²) in [5.41, 5.74) is -0.436. The Labute approximate surface area is 92.7 Å². The fraction of sp³-hybridized carbons (Fsp3) is 0.455. The highest BCUT2D eigenvalue weighted by atomic mass is 16.5. The molecule has 0 aliphatic carbocycles. The van der Waals surface area contributed by atoms with E-state index in [9.17, 15) is 9.59 Å². The zero-order valence-electron chi connectivity index (χ0n) is 8.93. The van der Waals surface area contributed by atoms with Crippen molar-refractivity contribution in [1.29, 1.82) is 0 Å². The minimum Gasteiger partial charge on any atom is -0.479 e. The van der Waals surface area contributed by atoms with Gasteiger partial charge in [0.2, 0.25) is 11.2 Å². The van der Waals surface area contributed by atoms with E-state index in [-0.39, 0.29) is 5.75 Å². The van der Waals surface area contributed by atoms with Crippen LogP contribution in [0.25, 0.3) is 0 Å². The smallest absolute Gasteiger partial charge is 0.344 e. The molecule has 0 saturated carbocycles. The second-order valence-electron chi connectivity index (χ2n) is 3.31. The summed E-state index contributed by atoms with van der Waals surface area (Å²) in [4.78, 5) is 22.1. The predicted molar refractivity (Wildman–Crippen MR) is 55.4 cm³/mol. The molecule has 1 rings (SSSR count). The number of carbonyl (C=O) groups is 1. The molecule has 0 fully saturated rings. The highest BCUT2D eigenvalue weighted by Gasteiger charge is 2.19. The number of hydrogen-bond donors (Lipinski definition) is 1. The van der Waals surface area contributed by atoms with Crippen LogP contribution in [0.5, 0.6) is 5.75 Å². The number of carboxylic acids is 1. The second kappa shape index (κ2) is 5.95. The molecule has 1 aromatic heterocycles. The molecule has 5 nitrogen and oxygen atoms in total. The molecule has 87 valence electrons. The molecule has 1 heterocycles. The van der Waals surface area contributed by atoms with Gasteiger partial charge in [0.05, 0.1) is 0 Å². The number of hydrogen-bond acceptors (Lipinski definition) is 4. The Kier molecular flexibility index (Phi) is 4.57. The van der Waals surface area contributed by atoms with Crippen LogP contribution in [0.4, 0.5) is 0 Å². The molecule has 5 heteroatoms. The van der Waals surface area contributed by atoms with Gasteiger partial charge in [-0.2, -0.15) is 0 Å². The average molecular weight is 225 g/mol. The van der Waals surface area contributed by atoms with Crippen molar-refractivity contribution in [1.82, 2.24) is 0 Å². The summed E-state index contributed by atoms with van der Waals surface area (Å²) in [6, 6.07) is 1.06. The van der Waals surface area contributed by atoms with E-state index in [1.54, 1.807) is 0 Å². The lowest BCUT2D eigenvalue weighted by molar-refractivity contribution is -0.145. The first kappa shape index (κ1) is 12.3. The Bertz CT molecular complexity index is 395. The molecule has 0 spiro atoms. The van der Waals surface area contributed by atoms with Crippen LogP contribution in [0.2, 0.25) is 0 Å². The third-order valence-electron chi connectivity index (χ3n) is 2.03. The molecule has 0 bridgehead atoms. The third kappa shape index (κ3) is 3.42. The average Bonchev–Trinajstić information content (AvgIpc) is 2.26. The second-order valence-corrected chi connectivity index (χ2v) is 3.31. The van der Waals surface area contributed by atoms with Crippen LogP contribution in [-0.4, -0.2) is 17.2 Å². The van der Waals surface area contributed by atoms with Crippen LogP contribution >= 0.6 is 0 Å². The Morgan fingerprint density at radius 1 is 1.69 bits per heavy atom. The van der Waals surface area contributed by atoms with Crippen molar-refractivity contribution in [2.75, 3.05) is 0 Å². The molecule has 0 saturated heterocycles. The van der Waals surface area contributed by atoms with Gasteiger partial charge < -0.3 is 14.3 Å². The lowest BCUT2D eigenvalue weighted by Crippen LogP contribution is -2.28.